The number of rotatable bonds is 5. The van der Waals surface area contributed by atoms with Crippen LogP contribution in [0.2, 0.25) is 0 Å². The van der Waals surface area contributed by atoms with Crippen LogP contribution in [-0.4, -0.2) is 12.6 Å². The van der Waals surface area contributed by atoms with E-state index in [2.05, 4.69) is 55.5 Å². The Balaban J connectivity index is 2.09. The lowest BCUT2D eigenvalue weighted by Crippen LogP contribution is -2.32. The van der Waals surface area contributed by atoms with Crippen LogP contribution in [0.1, 0.15) is 20.3 Å². The molecule has 0 bridgehead atoms. The highest BCUT2D eigenvalue weighted by atomic mass is 16.5. The van der Waals surface area contributed by atoms with Gasteiger partial charge in [0.1, 0.15) is 0 Å². The van der Waals surface area contributed by atoms with Gasteiger partial charge in [-0.25, -0.2) is 0 Å². The normalized spacial score (nSPS) is 19.0. The van der Waals surface area contributed by atoms with Gasteiger partial charge in [0.15, 0.2) is 0 Å². The maximum absolute atomic E-state index is 10.9. The first-order chi connectivity index (χ1) is 8.63. The second-order valence-corrected chi connectivity index (χ2v) is 5.19. The van der Waals surface area contributed by atoms with E-state index in [0.717, 1.165) is 6.42 Å². The van der Waals surface area contributed by atoms with E-state index >= 15 is 0 Å². The third-order valence-electron chi connectivity index (χ3n) is 3.97. The molecule has 2 heteroatoms. The quantitative estimate of drug-likeness (QED) is 0.693. The summed E-state index contributed by atoms with van der Waals surface area (Å²) in [5.41, 5.74) is 0.0719. The maximum Gasteiger partial charge on any atom is 0.302 e. The predicted octanol–water partition coefficient (Wildman–Crippen LogP) is 3.43. The molecule has 2 nitrogen and oxygen atoms in total. The molecule has 0 unspecified atom stereocenters. The van der Waals surface area contributed by atoms with Crippen LogP contribution >= 0.6 is 0 Å². The molecule has 0 heterocycles. The Kier molecular flexibility index (Phi) is 3.85. The molecule has 0 aliphatic heterocycles. The van der Waals surface area contributed by atoms with E-state index < -0.39 is 0 Å². The van der Waals surface area contributed by atoms with Gasteiger partial charge in [-0.3, -0.25) is 4.79 Å². The smallest absolute Gasteiger partial charge is 0.302 e. The van der Waals surface area contributed by atoms with Crippen molar-refractivity contribution in [1.82, 2.24) is 0 Å². The summed E-state index contributed by atoms with van der Waals surface area (Å²) in [6.07, 6.45) is 18.2. The first kappa shape index (κ1) is 12.9. The van der Waals surface area contributed by atoms with Gasteiger partial charge in [0, 0.05) is 18.8 Å². The minimum atomic E-state index is -0.202. The Morgan fingerprint density at radius 1 is 1.06 bits per heavy atom. The second kappa shape index (κ2) is 5.38. The van der Waals surface area contributed by atoms with Crippen molar-refractivity contribution in [3.8, 4) is 0 Å². The molecular formula is C16H20O2. The molecule has 2 rings (SSSR count). The fourth-order valence-corrected chi connectivity index (χ4v) is 2.71. The van der Waals surface area contributed by atoms with Gasteiger partial charge in [-0.05, 0) is 11.8 Å². The van der Waals surface area contributed by atoms with Crippen LogP contribution in [0, 0.1) is 17.3 Å². The highest BCUT2D eigenvalue weighted by molar-refractivity contribution is 5.65. The number of ether oxygens (including phenoxy) is 1. The van der Waals surface area contributed by atoms with Crippen molar-refractivity contribution in [2.45, 2.75) is 20.3 Å². The van der Waals surface area contributed by atoms with Gasteiger partial charge in [-0.2, -0.15) is 0 Å². The SMILES string of the molecule is CC(=O)OCCC(C)(C1C=CC=C1)C1C=CC=C1. The minimum absolute atomic E-state index is 0.0719. The van der Waals surface area contributed by atoms with Crippen LogP contribution in [0.4, 0.5) is 0 Å². The van der Waals surface area contributed by atoms with Crippen LogP contribution in [0.3, 0.4) is 0 Å². The zero-order valence-corrected chi connectivity index (χ0v) is 11.0. The average Bonchev–Trinajstić information content (AvgIpc) is 3.02. The van der Waals surface area contributed by atoms with Crippen LogP contribution in [0.5, 0.6) is 0 Å². The lowest BCUT2D eigenvalue weighted by Gasteiger charge is -2.38. The second-order valence-electron chi connectivity index (χ2n) is 5.19. The largest absolute Gasteiger partial charge is 0.466 e. The average molecular weight is 244 g/mol. The van der Waals surface area contributed by atoms with E-state index in [9.17, 15) is 4.79 Å². The molecule has 96 valence electrons. The molecule has 0 aromatic heterocycles. The maximum atomic E-state index is 10.9. The summed E-state index contributed by atoms with van der Waals surface area (Å²) >= 11 is 0. The van der Waals surface area contributed by atoms with Gasteiger partial charge in [-0.15, -0.1) is 0 Å². The minimum Gasteiger partial charge on any atom is -0.466 e. The van der Waals surface area contributed by atoms with Crippen molar-refractivity contribution < 1.29 is 9.53 Å². The molecule has 0 saturated heterocycles. The van der Waals surface area contributed by atoms with Crippen molar-refractivity contribution in [2.24, 2.45) is 17.3 Å². The zero-order valence-electron chi connectivity index (χ0n) is 11.0. The van der Waals surface area contributed by atoms with E-state index in [1.807, 2.05) is 0 Å². The first-order valence-corrected chi connectivity index (χ1v) is 6.46. The van der Waals surface area contributed by atoms with Gasteiger partial charge in [0.25, 0.3) is 0 Å². The molecule has 2 aliphatic rings. The topological polar surface area (TPSA) is 26.3 Å². The lowest BCUT2D eigenvalue weighted by molar-refractivity contribution is -0.141. The Morgan fingerprint density at radius 2 is 1.50 bits per heavy atom. The Bertz CT molecular complexity index is 374. The van der Waals surface area contributed by atoms with E-state index in [-0.39, 0.29) is 11.4 Å². The van der Waals surface area contributed by atoms with E-state index in [4.69, 9.17) is 4.74 Å². The number of hydrogen-bond donors (Lipinski definition) is 0. The van der Waals surface area contributed by atoms with Crippen molar-refractivity contribution >= 4 is 5.97 Å². The first-order valence-electron chi connectivity index (χ1n) is 6.46. The summed E-state index contributed by atoms with van der Waals surface area (Å²) in [5, 5.41) is 0. The fourth-order valence-electron chi connectivity index (χ4n) is 2.71. The molecule has 0 atom stereocenters. The number of esters is 1. The molecule has 18 heavy (non-hydrogen) atoms. The molecule has 2 aliphatic carbocycles. The van der Waals surface area contributed by atoms with Crippen molar-refractivity contribution in [3.05, 3.63) is 48.6 Å². The van der Waals surface area contributed by atoms with Crippen LogP contribution in [0.25, 0.3) is 0 Å². The molecular weight excluding hydrogens is 224 g/mol. The zero-order chi connectivity index (χ0) is 13.0. The number of allylic oxidation sites excluding steroid dienone is 8. The highest BCUT2D eigenvalue weighted by Gasteiger charge is 2.38. The summed E-state index contributed by atoms with van der Waals surface area (Å²) in [4.78, 5) is 10.9. The van der Waals surface area contributed by atoms with Gasteiger partial charge in [0.05, 0.1) is 6.61 Å². The molecule has 0 aromatic carbocycles. The molecule has 0 aromatic rings. The Labute approximate surface area is 109 Å². The standard InChI is InChI=1S/C16H20O2/c1-13(17)18-12-11-16(2,14-7-3-4-8-14)15-9-5-6-10-15/h3-10,14-15H,11-12H2,1-2H3. The van der Waals surface area contributed by atoms with Gasteiger partial charge < -0.3 is 4.74 Å². The van der Waals surface area contributed by atoms with E-state index in [1.165, 1.54) is 6.92 Å². The van der Waals surface area contributed by atoms with Crippen molar-refractivity contribution in [3.63, 3.8) is 0 Å². The Hall–Kier alpha value is -1.57. The van der Waals surface area contributed by atoms with Crippen molar-refractivity contribution in [1.29, 1.82) is 0 Å². The summed E-state index contributed by atoms with van der Waals surface area (Å²) in [6, 6.07) is 0. The summed E-state index contributed by atoms with van der Waals surface area (Å²) in [5.74, 6) is 0.614. The molecule has 0 N–H and O–H groups in total. The lowest BCUT2D eigenvalue weighted by atomic mass is 9.67. The van der Waals surface area contributed by atoms with Gasteiger partial charge in [-0.1, -0.05) is 55.5 Å². The van der Waals surface area contributed by atoms with Gasteiger partial charge >= 0.3 is 5.97 Å². The van der Waals surface area contributed by atoms with Gasteiger partial charge in [0.2, 0.25) is 0 Å². The third-order valence-corrected chi connectivity index (χ3v) is 3.97. The summed E-state index contributed by atoms with van der Waals surface area (Å²) in [7, 11) is 0. The number of carbonyl (C=O) groups is 1. The third kappa shape index (κ3) is 2.63. The predicted molar refractivity (Wildman–Crippen MR) is 72.9 cm³/mol. The number of carbonyl (C=O) groups excluding carboxylic acids is 1. The Morgan fingerprint density at radius 3 is 1.89 bits per heavy atom. The van der Waals surface area contributed by atoms with E-state index in [0.29, 0.717) is 18.4 Å². The summed E-state index contributed by atoms with van der Waals surface area (Å²) < 4.78 is 5.12. The number of hydrogen-bond acceptors (Lipinski definition) is 2. The molecule has 0 radical (unpaired) electrons. The molecule has 0 saturated carbocycles. The molecule has 0 amide bonds. The van der Waals surface area contributed by atoms with E-state index in [1.54, 1.807) is 0 Å². The monoisotopic (exact) mass is 244 g/mol. The van der Waals surface area contributed by atoms with Crippen molar-refractivity contribution in [2.75, 3.05) is 6.61 Å². The van der Waals surface area contributed by atoms with Crippen LogP contribution in [-0.2, 0) is 9.53 Å². The van der Waals surface area contributed by atoms with Crippen LogP contribution < -0.4 is 0 Å². The summed E-state index contributed by atoms with van der Waals surface area (Å²) in [6.45, 7) is 4.22. The molecule has 0 spiro atoms. The highest BCUT2D eigenvalue weighted by Crippen LogP contribution is 2.44. The molecule has 0 fully saturated rings. The van der Waals surface area contributed by atoms with Crippen LogP contribution in [0.15, 0.2) is 48.6 Å². The fraction of sp³-hybridized carbons (Fsp3) is 0.438.